The number of benzene rings is 1. The molecule has 1 atom stereocenters. The van der Waals surface area contributed by atoms with E-state index in [1.54, 1.807) is 6.07 Å². The van der Waals surface area contributed by atoms with Crippen LogP contribution >= 0.6 is 11.3 Å². The van der Waals surface area contributed by atoms with Gasteiger partial charge in [-0.2, -0.15) is 13.2 Å². The van der Waals surface area contributed by atoms with Gasteiger partial charge in [-0.05, 0) is 24.6 Å². The van der Waals surface area contributed by atoms with Crippen molar-refractivity contribution in [3.8, 4) is 0 Å². The lowest BCUT2D eigenvalue weighted by Crippen LogP contribution is -2.32. The molecule has 0 spiro atoms. The van der Waals surface area contributed by atoms with Gasteiger partial charge in [-0.25, -0.2) is 4.98 Å². The molecule has 2 aromatic rings. The molecule has 0 radical (unpaired) electrons. The smallest absolute Gasteiger partial charge is 0.349 e. The largest absolute Gasteiger partial charge is 0.416 e. The second-order valence-electron chi connectivity index (χ2n) is 6.47. The molecule has 1 saturated heterocycles. The number of carbonyl (C=O) groups excluding carboxylic acids is 2. The highest BCUT2D eigenvalue weighted by atomic mass is 32.1. The summed E-state index contributed by atoms with van der Waals surface area (Å²) in [6.45, 7) is 2.41. The van der Waals surface area contributed by atoms with Crippen LogP contribution in [0.15, 0.2) is 29.6 Å². The van der Waals surface area contributed by atoms with E-state index in [-0.39, 0.29) is 31.3 Å². The van der Waals surface area contributed by atoms with E-state index in [1.165, 1.54) is 22.3 Å². The zero-order chi connectivity index (χ0) is 19.6. The fraction of sp³-hybridized carbons (Fsp3) is 0.389. The van der Waals surface area contributed by atoms with Crippen molar-refractivity contribution in [2.45, 2.75) is 32.6 Å². The molecule has 1 aliphatic heterocycles. The highest BCUT2D eigenvalue weighted by Crippen LogP contribution is 2.30. The standard InChI is InChI=1S/C18H18F3N3O2S/c1-11-10-27-15(23-11)7-22-17(26)13-6-16(25)24(9-13)8-12-3-2-4-14(5-12)18(19,20)21/h2-5,10,13H,6-9H2,1H3,(H,22,26). The lowest BCUT2D eigenvalue weighted by Gasteiger charge is -2.17. The van der Waals surface area contributed by atoms with Crippen LogP contribution in [0.1, 0.15) is 28.2 Å². The van der Waals surface area contributed by atoms with Crippen molar-refractivity contribution < 1.29 is 22.8 Å². The Balaban J connectivity index is 1.58. The Hall–Kier alpha value is -2.42. The Morgan fingerprint density at radius 3 is 2.85 bits per heavy atom. The Bertz CT molecular complexity index is 850. The number of thiazole rings is 1. The molecule has 9 heteroatoms. The minimum atomic E-state index is -4.43. The number of hydrogen-bond donors (Lipinski definition) is 1. The number of hydrogen-bond acceptors (Lipinski definition) is 4. The molecule has 1 aromatic carbocycles. The molecule has 2 amide bonds. The van der Waals surface area contributed by atoms with E-state index in [2.05, 4.69) is 10.3 Å². The summed E-state index contributed by atoms with van der Waals surface area (Å²) in [5.41, 5.74) is 0.518. The molecule has 144 valence electrons. The lowest BCUT2D eigenvalue weighted by atomic mass is 10.1. The molecule has 2 heterocycles. The quantitative estimate of drug-likeness (QED) is 0.843. The average Bonchev–Trinajstić information content (AvgIpc) is 3.18. The van der Waals surface area contributed by atoms with Crippen LogP contribution in [-0.4, -0.2) is 28.2 Å². The van der Waals surface area contributed by atoms with Gasteiger partial charge in [0.05, 0.1) is 18.0 Å². The third kappa shape index (κ3) is 4.85. The van der Waals surface area contributed by atoms with E-state index < -0.39 is 17.7 Å². The maximum absolute atomic E-state index is 12.8. The predicted octanol–water partition coefficient (Wildman–Crippen LogP) is 3.14. The van der Waals surface area contributed by atoms with Crippen molar-refractivity contribution in [2.75, 3.05) is 6.54 Å². The Kier molecular flexibility index (Phi) is 5.50. The monoisotopic (exact) mass is 397 g/mol. The van der Waals surface area contributed by atoms with Crippen molar-refractivity contribution in [1.82, 2.24) is 15.2 Å². The summed E-state index contributed by atoms with van der Waals surface area (Å²) in [5.74, 6) is -0.996. The number of halogens is 3. The minimum Gasteiger partial charge on any atom is -0.349 e. The van der Waals surface area contributed by atoms with Crippen molar-refractivity contribution in [3.63, 3.8) is 0 Å². The molecule has 1 aliphatic rings. The first-order valence-corrected chi connectivity index (χ1v) is 9.23. The van der Waals surface area contributed by atoms with Crippen molar-refractivity contribution in [2.24, 2.45) is 5.92 Å². The Morgan fingerprint density at radius 2 is 2.19 bits per heavy atom. The van der Waals surface area contributed by atoms with E-state index >= 15 is 0 Å². The summed E-state index contributed by atoms with van der Waals surface area (Å²) in [4.78, 5) is 30.1. The molecular formula is C18H18F3N3O2S. The van der Waals surface area contributed by atoms with Crippen molar-refractivity contribution in [3.05, 3.63) is 51.5 Å². The van der Waals surface area contributed by atoms with E-state index in [0.717, 1.165) is 22.8 Å². The molecule has 3 rings (SSSR count). The first-order chi connectivity index (χ1) is 12.7. The normalized spacial score (nSPS) is 17.4. The van der Waals surface area contributed by atoms with Crippen LogP contribution in [0, 0.1) is 12.8 Å². The number of nitrogens with zero attached hydrogens (tertiary/aromatic N) is 2. The average molecular weight is 397 g/mol. The van der Waals surface area contributed by atoms with Gasteiger partial charge in [-0.15, -0.1) is 11.3 Å². The number of likely N-dealkylation sites (tertiary alicyclic amines) is 1. The SMILES string of the molecule is Cc1csc(CNC(=O)C2CC(=O)N(Cc3cccc(C(F)(F)F)c3)C2)n1. The van der Waals surface area contributed by atoms with Gasteiger partial charge < -0.3 is 10.2 Å². The maximum atomic E-state index is 12.8. The van der Waals surface area contributed by atoms with E-state index in [0.29, 0.717) is 12.1 Å². The van der Waals surface area contributed by atoms with Crippen molar-refractivity contribution >= 4 is 23.2 Å². The van der Waals surface area contributed by atoms with Crippen molar-refractivity contribution in [1.29, 1.82) is 0 Å². The summed E-state index contributed by atoms with van der Waals surface area (Å²) in [6, 6.07) is 4.89. The van der Waals surface area contributed by atoms with E-state index in [9.17, 15) is 22.8 Å². The molecule has 0 saturated carbocycles. The summed E-state index contributed by atoms with van der Waals surface area (Å²) < 4.78 is 38.4. The highest BCUT2D eigenvalue weighted by molar-refractivity contribution is 7.09. The fourth-order valence-corrected chi connectivity index (χ4v) is 3.67. The van der Waals surface area contributed by atoms with Gasteiger partial charge in [-0.3, -0.25) is 9.59 Å². The maximum Gasteiger partial charge on any atom is 0.416 e. The third-order valence-electron chi connectivity index (χ3n) is 4.29. The zero-order valence-electron chi connectivity index (χ0n) is 14.5. The minimum absolute atomic E-state index is 0.0538. The van der Waals surface area contributed by atoms with Gasteiger partial charge in [0.25, 0.3) is 0 Å². The van der Waals surface area contributed by atoms with Gasteiger partial charge in [0.2, 0.25) is 11.8 Å². The first kappa shape index (κ1) is 19.3. The Morgan fingerprint density at radius 1 is 1.41 bits per heavy atom. The van der Waals surface area contributed by atoms with Crippen LogP contribution in [0.4, 0.5) is 13.2 Å². The second kappa shape index (κ2) is 7.67. The molecule has 27 heavy (non-hydrogen) atoms. The number of rotatable bonds is 5. The molecule has 1 unspecified atom stereocenters. The summed E-state index contributed by atoms with van der Waals surface area (Å²) in [7, 11) is 0. The number of amides is 2. The summed E-state index contributed by atoms with van der Waals surface area (Å²) in [6.07, 6.45) is -4.37. The topological polar surface area (TPSA) is 62.3 Å². The highest BCUT2D eigenvalue weighted by Gasteiger charge is 2.35. The lowest BCUT2D eigenvalue weighted by molar-refractivity contribution is -0.137. The number of nitrogens with one attached hydrogen (secondary N) is 1. The number of aromatic nitrogens is 1. The fourth-order valence-electron chi connectivity index (χ4n) is 2.96. The van der Waals surface area contributed by atoms with Gasteiger partial charge in [0.15, 0.2) is 0 Å². The summed E-state index contributed by atoms with van der Waals surface area (Å²) >= 11 is 1.45. The van der Waals surface area contributed by atoms with Gasteiger partial charge in [0, 0.05) is 30.6 Å². The Labute approximate surface area is 158 Å². The molecule has 1 fully saturated rings. The van der Waals surface area contributed by atoms with Crippen LogP contribution in [0.25, 0.3) is 0 Å². The number of carbonyl (C=O) groups is 2. The third-order valence-corrected chi connectivity index (χ3v) is 5.26. The summed E-state index contributed by atoms with van der Waals surface area (Å²) in [5, 5.41) is 5.44. The molecule has 0 aliphatic carbocycles. The van der Waals surface area contributed by atoms with E-state index in [1.807, 2.05) is 12.3 Å². The van der Waals surface area contributed by atoms with Crippen LogP contribution < -0.4 is 5.32 Å². The van der Waals surface area contributed by atoms with Gasteiger partial charge in [0.1, 0.15) is 5.01 Å². The molecule has 5 nitrogen and oxygen atoms in total. The van der Waals surface area contributed by atoms with Gasteiger partial charge >= 0.3 is 6.18 Å². The van der Waals surface area contributed by atoms with Crippen LogP contribution in [0.2, 0.25) is 0 Å². The second-order valence-corrected chi connectivity index (χ2v) is 7.42. The molecule has 1 N–H and O–H groups in total. The molecular weight excluding hydrogens is 379 g/mol. The first-order valence-electron chi connectivity index (χ1n) is 8.35. The zero-order valence-corrected chi connectivity index (χ0v) is 15.4. The van der Waals surface area contributed by atoms with Gasteiger partial charge in [-0.1, -0.05) is 12.1 Å². The molecule has 1 aromatic heterocycles. The van der Waals surface area contributed by atoms with E-state index in [4.69, 9.17) is 0 Å². The predicted molar refractivity (Wildman–Crippen MR) is 93.7 cm³/mol. The van der Waals surface area contributed by atoms with Crippen LogP contribution in [-0.2, 0) is 28.9 Å². The number of aryl methyl sites for hydroxylation is 1. The van der Waals surface area contributed by atoms with Crippen LogP contribution in [0.5, 0.6) is 0 Å². The van der Waals surface area contributed by atoms with Crippen LogP contribution in [0.3, 0.4) is 0 Å². The number of alkyl halides is 3. The molecule has 0 bridgehead atoms.